The number of para-hydroxylation sites is 1. The molecule has 0 aliphatic heterocycles. The van der Waals surface area contributed by atoms with E-state index in [4.69, 9.17) is 5.84 Å². The van der Waals surface area contributed by atoms with E-state index in [-0.39, 0.29) is 5.75 Å². The highest BCUT2D eigenvalue weighted by molar-refractivity contribution is 5.42. The molecule has 5 heteroatoms. The lowest BCUT2D eigenvalue weighted by Crippen LogP contribution is -2.29. The third-order valence-electron chi connectivity index (χ3n) is 3.31. The van der Waals surface area contributed by atoms with Crippen LogP contribution in [0.4, 0.5) is 8.78 Å². The Morgan fingerprint density at radius 3 is 2.57 bits per heavy atom. The second-order valence-corrected chi connectivity index (χ2v) is 4.61. The van der Waals surface area contributed by atoms with E-state index in [1.165, 1.54) is 6.07 Å². The first-order valence-electron chi connectivity index (χ1n) is 6.74. The van der Waals surface area contributed by atoms with Gasteiger partial charge in [-0.25, -0.2) is 5.43 Å². The molecule has 0 fully saturated rings. The number of nitrogens with two attached hydrogens (primary N) is 1. The van der Waals surface area contributed by atoms with Crippen LogP contribution in [-0.2, 0) is 6.42 Å². The highest BCUT2D eigenvalue weighted by Crippen LogP contribution is 2.30. The van der Waals surface area contributed by atoms with Gasteiger partial charge < -0.3 is 4.74 Å². The van der Waals surface area contributed by atoms with Gasteiger partial charge in [-0.1, -0.05) is 49.4 Å². The molecule has 1 atom stereocenters. The van der Waals surface area contributed by atoms with Gasteiger partial charge in [0.05, 0.1) is 6.04 Å². The van der Waals surface area contributed by atoms with Gasteiger partial charge in [-0.05, 0) is 23.6 Å². The first-order valence-corrected chi connectivity index (χ1v) is 6.74. The van der Waals surface area contributed by atoms with Crippen molar-refractivity contribution in [2.24, 2.45) is 5.84 Å². The summed E-state index contributed by atoms with van der Waals surface area (Å²) in [5.41, 5.74) is 5.31. The monoisotopic (exact) mass is 292 g/mol. The van der Waals surface area contributed by atoms with Gasteiger partial charge in [0.2, 0.25) is 0 Å². The third-order valence-corrected chi connectivity index (χ3v) is 3.31. The van der Waals surface area contributed by atoms with Gasteiger partial charge in [0.1, 0.15) is 5.75 Å². The fraction of sp³-hybridized carbons (Fsp3) is 0.250. The average molecular weight is 292 g/mol. The van der Waals surface area contributed by atoms with Crippen LogP contribution in [0.25, 0.3) is 0 Å². The standard InChI is InChI=1S/C16H18F2N2O/c1-2-11-6-5-7-12(10-11)15(20-19)13-8-3-4-9-14(13)21-16(17)18/h3-10,15-16,20H,2,19H2,1H3. The van der Waals surface area contributed by atoms with Gasteiger partial charge in [0, 0.05) is 5.56 Å². The molecule has 3 N–H and O–H groups in total. The molecular weight excluding hydrogens is 274 g/mol. The molecule has 0 saturated carbocycles. The van der Waals surface area contributed by atoms with Crippen molar-refractivity contribution in [2.45, 2.75) is 26.0 Å². The quantitative estimate of drug-likeness (QED) is 0.633. The summed E-state index contributed by atoms with van der Waals surface area (Å²) < 4.78 is 29.6. The summed E-state index contributed by atoms with van der Waals surface area (Å²) in [7, 11) is 0. The van der Waals surface area contributed by atoms with Gasteiger partial charge in [-0.2, -0.15) is 8.78 Å². The van der Waals surface area contributed by atoms with Crippen molar-refractivity contribution in [1.82, 2.24) is 5.43 Å². The Labute approximate surface area is 122 Å². The zero-order chi connectivity index (χ0) is 15.2. The Morgan fingerprint density at radius 2 is 1.90 bits per heavy atom. The SMILES string of the molecule is CCc1cccc(C(NN)c2ccccc2OC(F)F)c1. The van der Waals surface area contributed by atoms with E-state index >= 15 is 0 Å². The minimum atomic E-state index is -2.87. The van der Waals surface area contributed by atoms with Crippen LogP contribution in [-0.4, -0.2) is 6.61 Å². The van der Waals surface area contributed by atoms with Crippen molar-refractivity contribution in [3.05, 3.63) is 65.2 Å². The molecule has 2 aromatic carbocycles. The number of aryl methyl sites for hydroxylation is 1. The van der Waals surface area contributed by atoms with Crippen LogP contribution in [0.2, 0.25) is 0 Å². The number of rotatable bonds is 6. The van der Waals surface area contributed by atoms with Gasteiger partial charge >= 0.3 is 6.61 Å². The minimum absolute atomic E-state index is 0.123. The number of alkyl halides is 2. The highest BCUT2D eigenvalue weighted by Gasteiger charge is 2.19. The van der Waals surface area contributed by atoms with Crippen LogP contribution >= 0.6 is 0 Å². The second kappa shape index (κ2) is 7.15. The van der Waals surface area contributed by atoms with Crippen molar-refractivity contribution >= 4 is 0 Å². The maximum atomic E-state index is 12.5. The van der Waals surface area contributed by atoms with E-state index in [1.807, 2.05) is 24.3 Å². The number of ether oxygens (including phenoxy) is 1. The summed E-state index contributed by atoms with van der Waals surface area (Å²) in [6, 6.07) is 14.1. The van der Waals surface area contributed by atoms with Gasteiger partial charge in [0.25, 0.3) is 0 Å². The number of hydrogen-bond donors (Lipinski definition) is 2. The van der Waals surface area contributed by atoms with Crippen molar-refractivity contribution in [3.8, 4) is 5.75 Å². The van der Waals surface area contributed by atoms with Crippen molar-refractivity contribution < 1.29 is 13.5 Å². The Morgan fingerprint density at radius 1 is 1.14 bits per heavy atom. The molecule has 21 heavy (non-hydrogen) atoms. The Hall–Kier alpha value is -1.98. The molecular formula is C16H18F2N2O. The van der Waals surface area contributed by atoms with Crippen LogP contribution in [0, 0.1) is 0 Å². The molecule has 2 aromatic rings. The molecule has 0 heterocycles. The van der Waals surface area contributed by atoms with Crippen molar-refractivity contribution in [1.29, 1.82) is 0 Å². The lowest BCUT2D eigenvalue weighted by molar-refractivity contribution is -0.0506. The fourth-order valence-electron chi connectivity index (χ4n) is 2.28. The number of nitrogens with one attached hydrogen (secondary N) is 1. The third kappa shape index (κ3) is 3.77. The lowest BCUT2D eigenvalue weighted by Gasteiger charge is -2.20. The molecule has 0 spiro atoms. The number of hydrogen-bond acceptors (Lipinski definition) is 3. The predicted molar refractivity (Wildman–Crippen MR) is 78.1 cm³/mol. The van der Waals surface area contributed by atoms with Crippen LogP contribution in [0.15, 0.2) is 48.5 Å². The lowest BCUT2D eigenvalue weighted by atomic mass is 9.96. The summed E-state index contributed by atoms with van der Waals surface area (Å²) in [5, 5.41) is 0. The first kappa shape index (κ1) is 15.4. The van der Waals surface area contributed by atoms with Crippen LogP contribution in [0.3, 0.4) is 0 Å². The Kier molecular flexibility index (Phi) is 5.25. The average Bonchev–Trinajstić information content (AvgIpc) is 2.49. The summed E-state index contributed by atoms with van der Waals surface area (Å²) in [4.78, 5) is 0. The molecule has 112 valence electrons. The van der Waals surface area contributed by atoms with Gasteiger partial charge in [-0.15, -0.1) is 0 Å². The van der Waals surface area contributed by atoms with E-state index in [2.05, 4.69) is 17.1 Å². The van der Waals surface area contributed by atoms with Crippen molar-refractivity contribution in [3.63, 3.8) is 0 Å². The molecule has 0 aliphatic carbocycles. The molecule has 3 nitrogen and oxygen atoms in total. The Balaban J connectivity index is 2.41. The number of benzene rings is 2. The first-order chi connectivity index (χ1) is 10.2. The smallest absolute Gasteiger partial charge is 0.387 e. The molecule has 0 aromatic heterocycles. The van der Waals surface area contributed by atoms with Crippen LogP contribution in [0.1, 0.15) is 29.7 Å². The van der Waals surface area contributed by atoms with E-state index < -0.39 is 12.7 Å². The van der Waals surface area contributed by atoms with E-state index in [9.17, 15) is 8.78 Å². The van der Waals surface area contributed by atoms with Crippen LogP contribution in [0.5, 0.6) is 5.75 Å². The summed E-state index contributed by atoms with van der Waals surface area (Å²) >= 11 is 0. The maximum absolute atomic E-state index is 12.5. The predicted octanol–water partition coefficient (Wildman–Crippen LogP) is 3.40. The molecule has 0 saturated heterocycles. The maximum Gasteiger partial charge on any atom is 0.387 e. The van der Waals surface area contributed by atoms with E-state index in [0.717, 1.165) is 17.5 Å². The fourth-order valence-corrected chi connectivity index (χ4v) is 2.28. The minimum Gasteiger partial charge on any atom is -0.434 e. The van der Waals surface area contributed by atoms with E-state index in [0.29, 0.717) is 5.56 Å². The molecule has 0 aliphatic rings. The zero-order valence-electron chi connectivity index (χ0n) is 11.7. The normalized spacial score (nSPS) is 12.4. The largest absolute Gasteiger partial charge is 0.434 e. The van der Waals surface area contributed by atoms with Gasteiger partial charge in [0.15, 0.2) is 0 Å². The second-order valence-electron chi connectivity index (χ2n) is 4.61. The van der Waals surface area contributed by atoms with E-state index in [1.54, 1.807) is 18.2 Å². The number of halogens is 2. The van der Waals surface area contributed by atoms with Crippen molar-refractivity contribution in [2.75, 3.05) is 0 Å². The summed E-state index contributed by atoms with van der Waals surface area (Å²) in [6.45, 7) is -0.816. The number of hydrazine groups is 1. The molecule has 0 bridgehead atoms. The molecule has 0 amide bonds. The summed E-state index contributed by atoms with van der Waals surface area (Å²) in [6.07, 6.45) is 0.889. The Bertz CT molecular complexity index is 590. The molecule has 2 rings (SSSR count). The topological polar surface area (TPSA) is 47.3 Å². The van der Waals surface area contributed by atoms with Gasteiger partial charge in [-0.3, -0.25) is 5.84 Å². The zero-order valence-corrected chi connectivity index (χ0v) is 11.7. The highest BCUT2D eigenvalue weighted by atomic mass is 19.3. The molecule has 0 radical (unpaired) electrons. The van der Waals surface area contributed by atoms with Crippen LogP contribution < -0.4 is 16.0 Å². The molecule has 1 unspecified atom stereocenters. The summed E-state index contributed by atoms with van der Waals surface area (Å²) in [5.74, 6) is 5.76.